The zero-order valence-corrected chi connectivity index (χ0v) is 9.89. The molecule has 0 atom stereocenters. The number of amides is 1. The number of anilines is 1. The predicted molar refractivity (Wildman–Crippen MR) is 61.9 cm³/mol. The average molecular weight is 339 g/mol. The molecule has 0 unspecified atom stereocenters. The van der Waals surface area contributed by atoms with Gasteiger partial charge >= 0.3 is 12.1 Å². The monoisotopic (exact) mass is 339 g/mol. The van der Waals surface area contributed by atoms with Crippen molar-refractivity contribution in [3.05, 3.63) is 29.8 Å². The van der Waals surface area contributed by atoms with Crippen LogP contribution in [0.15, 0.2) is 24.3 Å². The molecule has 0 saturated heterocycles. The molecule has 1 aromatic rings. The third-order valence-electron chi connectivity index (χ3n) is 1.61. The van der Waals surface area contributed by atoms with E-state index in [4.69, 9.17) is 0 Å². The average Bonchev–Trinajstić information content (AvgIpc) is 2.17. The van der Waals surface area contributed by atoms with Crippen molar-refractivity contribution in [2.24, 2.45) is 0 Å². The van der Waals surface area contributed by atoms with Gasteiger partial charge in [0, 0.05) is 34.2 Å². The maximum Gasteiger partial charge on any atom is 0.416 e. The van der Waals surface area contributed by atoms with Crippen molar-refractivity contribution >= 4 is 34.2 Å². The van der Waals surface area contributed by atoms with Gasteiger partial charge in [0.05, 0.1) is 5.56 Å². The van der Waals surface area contributed by atoms with Crippen molar-refractivity contribution in [1.29, 1.82) is 0 Å². The van der Waals surface area contributed by atoms with E-state index in [9.17, 15) is 18.0 Å². The molecule has 0 heterocycles. The molecule has 1 rings (SSSR count). The minimum Gasteiger partial charge on any atom is -0.315 e. The van der Waals surface area contributed by atoms with Crippen LogP contribution in [-0.2, 0) is 11.0 Å². The molecular weight excluding hydrogens is 334 g/mol. The second kappa shape index (κ2) is 5.21. The minimum absolute atomic E-state index is 0.0685. The van der Waals surface area contributed by atoms with Crippen LogP contribution in [0.5, 0.6) is 0 Å². The Hall–Kier alpha value is -1.23. The van der Waals surface area contributed by atoms with Gasteiger partial charge in [0.1, 0.15) is 0 Å². The van der Waals surface area contributed by atoms with Crippen LogP contribution in [0, 0.1) is 9.85 Å². The molecule has 1 N–H and O–H groups in total. The van der Waals surface area contributed by atoms with Crippen molar-refractivity contribution in [1.82, 2.24) is 0 Å². The molecule has 2 nitrogen and oxygen atoms in total. The van der Waals surface area contributed by atoms with E-state index >= 15 is 0 Å². The SMILES string of the molecule is O=C(C#CI)Nc1cccc(C(F)(F)F)c1. The van der Waals surface area contributed by atoms with E-state index in [-0.39, 0.29) is 5.69 Å². The van der Waals surface area contributed by atoms with Crippen LogP contribution >= 0.6 is 22.6 Å². The van der Waals surface area contributed by atoms with E-state index in [0.717, 1.165) is 12.1 Å². The highest BCUT2D eigenvalue weighted by molar-refractivity contribution is 14.1. The third-order valence-corrected chi connectivity index (χ3v) is 1.88. The number of halogens is 4. The van der Waals surface area contributed by atoms with Crippen molar-refractivity contribution in [3.8, 4) is 9.85 Å². The van der Waals surface area contributed by atoms with E-state index in [2.05, 4.69) is 15.2 Å². The van der Waals surface area contributed by atoms with Gasteiger partial charge in [-0.3, -0.25) is 4.79 Å². The van der Waals surface area contributed by atoms with Crippen LogP contribution in [-0.4, -0.2) is 5.91 Å². The van der Waals surface area contributed by atoms with E-state index < -0.39 is 17.6 Å². The highest BCUT2D eigenvalue weighted by Gasteiger charge is 2.30. The van der Waals surface area contributed by atoms with Gasteiger partial charge in [-0.2, -0.15) is 13.2 Å². The van der Waals surface area contributed by atoms with Gasteiger partial charge in [-0.05, 0) is 22.1 Å². The molecule has 0 aliphatic rings. The number of benzene rings is 1. The summed E-state index contributed by atoms with van der Waals surface area (Å²) in [4.78, 5) is 11.0. The second-order valence-corrected chi connectivity index (χ2v) is 3.29. The zero-order chi connectivity index (χ0) is 12.2. The molecule has 0 bridgehead atoms. The van der Waals surface area contributed by atoms with Crippen LogP contribution in [0.25, 0.3) is 0 Å². The molecule has 0 saturated carbocycles. The number of alkyl halides is 3. The van der Waals surface area contributed by atoms with Gasteiger partial charge in [0.25, 0.3) is 0 Å². The number of hydrogen-bond acceptors (Lipinski definition) is 1. The standard InChI is InChI=1S/C10H5F3INO/c11-10(12,13)7-2-1-3-8(6-7)15-9(16)4-5-14/h1-3,6H,(H,15,16). The summed E-state index contributed by atoms with van der Waals surface area (Å²) >= 11 is 1.66. The van der Waals surface area contributed by atoms with Crippen molar-refractivity contribution < 1.29 is 18.0 Å². The van der Waals surface area contributed by atoms with E-state index in [1.54, 1.807) is 22.6 Å². The fourth-order valence-corrected chi connectivity index (χ4v) is 1.22. The first-order chi connectivity index (χ1) is 7.43. The lowest BCUT2D eigenvalue weighted by atomic mass is 10.2. The predicted octanol–water partition coefficient (Wildman–Crippen LogP) is 3.04. The molecule has 0 aromatic heterocycles. The zero-order valence-electron chi connectivity index (χ0n) is 7.73. The Kier molecular flexibility index (Phi) is 4.18. The Labute approximate surface area is 103 Å². The third kappa shape index (κ3) is 3.73. The topological polar surface area (TPSA) is 29.1 Å². The maximum absolute atomic E-state index is 12.3. The van der Waals surface area contributed by atoms with Gasteiger partial charge in [-0.15, -0.1) is 0 Å². The van der Waals surface area contributed by atoms with E-state index in [1.807, 2.05) is 0 Å². The molecule has 0 spiro atoms. The lowest BCUT2D eigenvalue weighted by molar-refractivity contribution is -0.137. The summed E-state index contributed by atoms with van der Waals surface area (Å²) in [6, 6.07) is 4.37. The van der Waals surface area contributed by atoms with Crippen LogP contribution in [0.4, 0.5) is 18.9 Å². The fourth-order valence-electron chi connectivity index (χ4n) is 0.979. The summed E-state index contributed by atoms with van der Waals surface area (Å²) in [5.74, 6) is 1.51. The summed E-state index contributed by atoms with van der Waals surface area (Å²) in [5, 5.41) is 2.24. The van der Waals surface area contributed by atoms with Gasteiger partial charge in [0.2, 0.25) is 0 Å². The lowest BCUT2D eigenvalue weighted by Crippen LogP contribution is -2.10. The van der Waals surface area contributed by atoms with Crippen LogP contribution < -0.4 is 5.32 Å². The molecule has 1 aromatic carbocycles. The van der Waals surface area contributed by atoms with E-state index in [1.165, 1.54) is 12.1 Å². The van der Waals surface area contributed by atoms with Gasteiger partial charge in [0.15, 0.2) is 0 Å². The summed E-state index contributed by atoms with van der Waals surface area (Å²) in [6.45, 7) is 0. The normalized spacial score (nSPS) is 10.2. The molecule has 16 heavy (non-hydrogen) atoms. The first-order valence-corrected chi connectivity index (χ1v) is 5.11. The Morgan fingerprint density at radius 2 is 2.06 bits per heavy atom. The maximum atomic E-state index is 12.3. The summed E-state index contributed by atoms with van der Waals surface area (Å²) in [5.41, 5.74) is -0.744. The Morgan fingerprint density at radius 3 is 2.62 bits per heavy atom. The van der Waals surface area contributed by atoms with Crippen molar-refractivity contribution in [2.45, 2.75) is 6.18 Å². The van der Waals surface area contributed by atoms with Gasteiger partial charge < -0.3 is 5.32 Å². The van der Waals surface area contributed by atoms with Crippen LogP contribution in [0.2, 0.25) is 0 Å². The number of hydrogen-bond donors (Lipinski definition) is 1. The first kappa shape index (κ1) is 12.8. The Morgan fingerprint density at radius 1 is 1.38 bits per heavy atom. The summed E-state index contributed by atoms with van der Waals surface area (Å²) in [7, 11) is 0. The van der Waals surface area contributed by atoms with Gasteiger partial charge in [-0.1, -0.05) is 6.07 Å². The van der Waals surface area contributed by atoms with Crippen LogP contribution in [0.3, 0.4) is 0 Å². The molecule has 6 heteroatoms. The summed E-state index contributed by atoms with van der Waals surface area (Å²) in [6.07, 6.45) is -4.42. The summed E-state index contributed by atoms with van der Waals surface area (Å²) < 4.78 is 39.3. The number of rotatable bonds is 1. The fraction of sp³-hybridized carbons (Fsp3) is 0.100. The molecule has 84 valence electrons. The van der Waals surface area contributed by atoms with E-state index in [0.29, 0.717) is 0 Å². The molecule has 0 aliphatic heterocycles. The molecular formula is C10H5F3INO. The Balaban J connectivity index is 2.90. The highest BCUT2D eigenvalue weighted by Crippen LogP contribution is 2.30. The smallest absolute Gasteiger partial charge is 0.315 e. The number of carbonyl (C=O) groups is 1. The molecule has 0 radical (unpaired) electrons. The minimum atomic E-state index is -4.42. The molecule has 1 amide bonds. The Bertz CT molecular complexity index is 459. The highest BCUT2D eigenvalue weighted by atomic mass is 127. The van der Waals surface area contributed by atoms with Crippen molar-refractivity contribution in [3.63, 3.8) is 0 Å². The lowest BCUT2D eigenvalue weighted by Gasteiger charge is -2.08. The molecule has 0 aliphatic carbocycles. The largest absolute Gasteiger partial charge is 0.416 e. The first-order valence-electron chi connectivity index (χ1n) is 4.03. The van der Waals surface area contributed by atoms with Gasteiger partial charge in [-0.25, -0.2) is 0 Å². The molecule has 0 fully saturated rings. The second-order valence-electron chi connectivity index (χ2n) is 2.75. The number of carbonyl (C=O) groups excluding carboxylic acids is 1. The van der Waals surface area contributed by atoms with Crippen molar-refractivity contribution in [2.75, 3.05) is 5.32 Å². The van der Waals surface area contributed by atoms with Crippen LogP contribution in [0.1, 0.15) is 5.56 Å². The number of nitrogens with one attached hydrogen (secondary N) is 1. The quantitative estimate of drug-likeness (QED) is 0.619.